The predicted octanol–water partition coefficient (Wildman–Crippen LogP) is 1.80. The molecule has 2 aromatic rings. The summed E-state index contributed by atoms with van der Waals surface area (Å²) in [7, 11) is 0. The number of hydrogen-bond donors (Lipinski definition) is 3. The quantitative estimate of drug-likeness (QED) is 0.497. The minimum Gasteiger partial charge on any atom is -0.481 e. The van der Waals surface area contributed by atoms with E-state index in [0.29, 0.717) is 5.39 Å². The third-order valence-electron chi connectivity index (χ3n) is 3.54. The summed E-state index contributed by atoms with van der Waals surface area (Å²) >= 11 is 0. The van der Waals surface area contributed by atoms with E-state index in [-0.39, 0.29) is 17.9 Å². The van der Waals surface area contributed by atoms with Crippen molar-refractivity contribution >= 4 is 34.6 Å². The van der Waals surface area contributed by atoms with Crippen molar-refractivity contribution in [3.05, 3.63) is 52.9 Å². The lowest BCUT2D eigenvalue weighted by Gasteiger charge is -2.16. The van der Waals surface area contributed by atoms with Crippen LogP contribution in [0.1, 0.15) is 12.0 Å². The Hall–Kier alpha value is -3.62. The molecule has 0 fully saturated rings. The van der Waals surface area contributed by atoms with Crippen LogP contribution in [0.3, 0.4) is 0 Å². The molecular weight excluding hydrogens is 356 g/mol. The maximum Gasteiger partial charge on any atom is 0.408 e. The van der Waals surface area contributed by atoms with E-state index in [1.165, 1.54) is 18.2 Å². The van der Waals surface area contributed by atoms with Crippen molar-refractivity contribution in [3.63, 3.8) is 0 Å². The summed E-state index contributed by atoms with van der Waals surface area (Å²) < 4.78 is 9.80. The number of hydrogen-bond acceptors (Lipinski definition) is 6. The maximum atomic E-state index is 12.4. The van der Waals surface area contributed by atoms with Gasteiger partial charge in [0.1, 0.15) is 18.2 Å². The smallest absolute Gasteiger partial charge is 0.408 e. The number of alkyl carbamates (subject to hydrolysis) is 1. The Labute approximate surface area is 153 Å². The van der Waals surface area contributed by atoms with Gasteiger partial charge in [0.2, 0.25) is 5.91 Å². The minimum absolute atomic E-state index is 0.0870. The second-order valence-corrected chi connectivity index (χ2v) is 5.63. The largest absolute Gasteiger partial charge is 0.481 e. The van der Waals surface area contributed by atoms with Crippen molar-refractivity contribution in [2.45, 2.75) is 19.4 Å². The van der Waals surface area contributed by atoms with Crippen LogP contribution in [-0.4, -0.2) is 35.7 Å². The van der Waals surface area contributed by atoms with E-state index < -0.39 is 36.1 Å². The first-order valence-electron chi connectivity index (χ1n) is 7.91. The fraction of sp³-hybridized carbons (Fsp3) is 0.222. The highest BCUT2D eigenvalue weighted by Gasteiger charge is 2.24. The van der Waals surface area contributed by atoms with Gasteiger partial charge in [0.15, 0.2) is 0 Å². The molecular formula is C18H18N2O7. The number of ether oxygens (including phenoxy) is 1. The van der Waals surface area contributed by atoms with Crippen LogP contribution in [0.15, 0.2) is 46.1 Å². The number of amides is 2. The van der Waals surface area contributed by atoms with Crippen LogP contribution >= 0.6 is 0 Å². The second-order valence-electron chi connectivity index (χ2n) is 5.63. The molecule has 1 aromatic heterocycles. The number of aryl methyl sites for hydroxylation is 1. The molecule has 0 aliphatic heterocycles. The maximum absolute atomic E-state index is 12.4. The van der Waals surface area contributed by atoms with Crippen molar-refractivity contribution in [1.82, 2.24) is 5.32 Å². The van der Waals surface area contributed by atoms with Crippen molar-refractivity contribution in [2.75, 3.05) is 11.9 Å². The van der Waals surface area contributed by atoms with E-state index in [4.69, 9.17) is 14.3 Å². The molecule has 0 saturated carbocycles. The molecule has 0 bridgehead atoms. The SMILES string of the molecule is C=CCOC(=O)NC(CC(=O)O)C(=O)Nc1ccc2c(C)cc(=O)oc2c1. The van der Waals surface area contributed by atoms with E-state index in [1.54, 1.807) is 19.1 Å². The molecule has 0 aliphatic rings. The van der Waals surface area contributed by atoms with Crippen molar-refractivity contribution in [1.29, 1.82) is 0 Å². The number of benzene rings is 1. The normalized spacial score (nSPS) is 11.4. The Balaban J connectivity index is 2.19. The van der Waals surface area contributed by atoms with E-state index in [2.05, 4.69) is 17.2 Å². The van der Waals surface area contributed by atoms with Crippen LogP contribution in [0.5, 0.6) is 0 Å². The zero-order valence-electron chi connectivity index (χ0n) is 14.5. The fourth-order valence-corrected chi connectivity index (χ4v) is 2.33. The number of nitrogens with one attached hydrogen (secondary N) is 2. The number of rotatable bonds is 7. The first kappa shape index (κ1) is 19.7. The lowest BCUT2D eigenvalue weighted by Crippen LogP contribution is -2.45. The second kappa shape index (κ2) is 8.65. The monoisotopic (exact) mass is 374 g/mol. The van der Waals surface area contributed by atoms with Gasteiger partial charge in [-0.15, -0.1) is 0 Å². The van der Waals surface area contributed by atoms with E-state index in [9.17, 15) is 19.2 Å². The van der Waals surface area contributed by atoms with Gasteiger partial charge in [0.25, 0.3) is 0 Å². The van der Waals surface area contributed by atoms with Gasteiger partial charge in [0, 0.05) is 23.2 Å². The number of anilines is 1. The summed E-state index contributed by atoms with van der Waals surface area (Å²) in [5.74, 6) is -2.04. The van der Waals surface area contributed by atoms with Gasteiger partial charge < -0.3 is 24.9 Å². The molecule has 9 nitrogen and oxygen atoms in total. The van der Waals surface area contributed by atoms with Crippen LogP contribution in [0.4, 0.5) is 10.5 Å². The fourth-order valence-electron chi connectivity index (χ4n) is 2.33. The zero-order chi connectivity index (χ0) is 20.0. The summed E-state index contributed by atoms with van der Waals surface area (Å²) in [6.07, 6.45) is -0.260. The van der Waals surface area contributed by atoms with Gasteiger partial charge >= 0.3 is 17.7 Å². The first-order chi connectivity index (χ1) is 12.8. The summed E-state index contributed by atoms with van der Waals surface area (Å²) in [5.41, 5.74) is 0.734. The van der Waals surface area contributed by atoms with Gasteiger partial charge in [-0.2, -0.15) is 0 Å². The average Bonchev–Trinajstić information content (AvgIpc) is 2.58. The molecule has 1 atom stereocenters. The molecule has 9 heteroatoms. The lowest BCUT2D eigenvalue weighted by molar-refractivity contribution is -0.139. The third kappa shape index (κ3) is 5.43. The molecule has 3 N–H and O–H groups in total. The highest BCUT2D eigenvalue weighted by atomic mass is 16.5. The van der Waals surface area contributed by atoms with Crippen LogP contribution in [0.25, 0.3) is 11.0 Å². The summed E-state index contributed by atoms with van der Waals surface area (Å²) in [6, 6.07) is 4.65. The molecule has 2 amide bonds. The topological polar surface area (TPSA) is 135 Å². The van der Waals surface area contributed by atoms with Crippen molar-refractivity contribution < 1.29 is 28.6 Å². The zero-order valence-corrected chi connectivity index (χ0v) is 14.5. The molecule has 0 saturated heterocycles. The Kier molecular flexibility index (Phi) is 6.32. The third-order valence-corrected chi connectivity index (χ3v) is 3.54. The van der Waals surface area contributed by atoms with E-state index >= 15 is 0 Å². The summed E-state index contributed by atoms with van der Waals surface area (Å²) in [5, 5.41) is 14.3. The standard InChI is InChI=1S/C18H18N2O7/c1-3-6-26-18(25)20-13(9-15(21)22)17(24)19-11-4-5-12-10(2)7-16(23)27-14(12)8-11/h3-5,7-8,13H,1,6,9H2,2H3,(H,19,24)(H,20,25)(H,21,22). The lowest BCUT2D eigenvalue weighted by atomic mass is 10.1. The Morgan fingerprint density at radius 1 is 1.33 bits per heavy atom. The molecule has 0 spiro atoms. The highest BCUT2D eigenvalue weighted by Crippen LogP contribution is 2.21. The number of fused-ring (bicyclic) bond motifs is 1. The molecule has 1 unspecified atom stereocenters. The molecule has 2 rings (SSSR count). The Morgan fingerprint density at radius 3 is 2.74 bits per heavy atom. The average molecular weight is 374 g/mol. The van der Waals surface area contributed by atoms with Gasteiger partial charge in [0.05, 0.1) is 6.42 Å². The Bertz CT molecular complexity index is 948. The number of carboxylic acid groups (broad SMARTS) is 1. The van der Waals surface area contributed by atoms with E-state index in [1.807, 2.05) is 0 Å². The molecule has 0 radical (unpaired) electrons. The number of aliphatic carboxylic acids is 1. The highest BCUT2D eigenvalue weighted by molar-refractivity contribution is 5.99. The van der Waals surface area contributed by atoms with Gasteiger partial charge in [-0.3, -0.25) is 9.59 Å². The van der Waals surface area contributed by atoms with Crippen molar-refractivity contribution in [2.24, 2.45) is 0 Å². The van der Waals surface area contributed by atoms with Crippen molar-refractivity contribution in [3.8, 4) is 0 Å². The number of carbonyl (C=O) groups excluding carboxylic acids is 2. The summed E-state index contributed by atoms with van der Waals surface area (Å²) in [6.45, 7) is 5.04. The van der Waals surface area contributed by atoms with Gasteiger partial charge in [-0.25, -0.2) is 9.59 Å². The first-order valence-corrected chi connectivity index (χ1v) is 7.91. The van der Waals surface area contributed by atoms with Crippen LogP contribution in [-0.2, 0) is 14.3 Å². The molecule has 1 aromatic carbocycles. The molecule has 1 heterocycles. The Morgan fingerprint density at radius 2 is 2.07 bits per heavy atom. The van der Waals surface area contributed by atoms with Crippen LogP contribution in [0, 0.1) is 6.92 Å². The van der Waals surface area contributed by atoms with E-state index in [0.717, 1.165) is 5.56 Å². The van der Waals surface area contributed by atoms with Crippen LogP contribution in [0.2, 0.25) is 0 Å². The van der Waals surface area contributed by atoms with Gasteiger partial charge in [-0.05, 0) is 24.6 Å². The van der Waals surface area contributed by atoms with Gasteiger partial charge in [-0.1, -0.05) is 12.7 Å². The predicted molar refractivity (Wildman–Crippen MR) is 96.6 cm³/mol. The molecule has 0 aliphatic carbocycles. The van der Waals surface area contributed by atoms with Crippen LogP contribution < -0.4 is 16.3 Å². The number of carbonyl (C=O) groups is 3. The minimum atomic E-state index is -1.36. The molecule has 142 valence electrons. The molecule has 27 heavy (non-hydrogen) atoms. The summed E-state index contributed by atoms with van der Waals surface area (Å²) in [4.78, 5) is 46.4. The number of carboxylic acids is 1.